The van der Waals surface area contributed by atoms with E-state index in [1.165, 1.54) is 6.26 Å². The number of hydrogen-bond acceptors (Lipinski definition) is 5. The maximum absolute atomic E-state index is 11.3. The van der Waals surface area contributed by atoms with Crippen LogP contribution in [0.25, 0.3) is 0 Å². The Bertz CT molecular complexity index is 497. The van der Waals surface area contributed by atoms with Crippen LogP contribution < -0.4 is 5.32 Å². The van der Waals surface area contributed by atoms with Crippen molar-refractivity contribution in [3.05, 3.63) is 17.5 Å². The van der Waals surface area contributed by atoms with Crippen LogP contribution in [0, 0.1) is 0 Å². The Morgan fingerprint density at radius 2 is 2.20 bits per heavy atom. The molecule has 1 N–H and O–H groups in total. The second-order valence-corrected chi connectivity index (χ2v) is 7.15. The third-order valence-corrected chi connectivity index (χ3v) is 3.92. The number of rotatable bonds is 10. The fourth-order valence-corrected chi connectivity index (χ4v) is 2.47. The van der Waals surface area contributed by atoms with Gasteiger partial charge in [-0.1, -0.05) is 13.3 Å². The lowest BCUT2D eigenvalue weighted by Gasteiger charge is -2.09. The molecule has 1 aromatic rings. The third-order valence-electron chi connectivity index (χ3n) is 2.99. The quantitative estimate of drug-likeness (QED) is 0.641. The molecule has 0 atom stereocenters. The summed E-state index contributed by atoms with van der Waals surface area (Å²) in [5, 5.41) is 7.61. The Morgan fingerprint density at radius 3 is 2.80 bits per heavy atom. The summed E-state index contributed by atoms with van der Waals surface area (Å²) in [4.78, 5) is 0. The largest absolute Gasteiger partial charge is 0.383 e. The molecule has 0 unspecified atom stereocenters. The maximum atomic E-state index is 11.3. The highest BCUT2D eigenvalue weighted by Crippen LogP contribution is 2.11. The number of ether oxygens (including phenoxy) is 1. The molecule has 0 aliphatic carbocycles. The molecular weight excluding hydrogens is 278 g/mol. The van der Waals surface area contributed by atoms with Gasteiger partial charge in [0, 0.05) is 37.7 Å². The molecule has 0 aliphatic rings. The van der Waals surface area contributed by atoms with Gasteiger partial charge < -0.3 is 10.1 Å². The topological polar surface area (TPSA) is 73.2 Å². The standard InChI is InChI=1S/C13H25N3O3S/c1-4-5-13-12(10-14-6-8-19-2)11-15-16(13)7-9-20(3,17)18/h11,14H,4-10H2,1-3H3. The zero-order valence-electron chi connectivity index (χ0n) is 12.6. The fourth-order valence-electron chi connectivity index (χ4n) is 1.97. The van der Waals surface area contributed by atoms with Gasteiger partial charge in [0.25, 0.3) is 0 Å². The van der Waals surface area contributed by atoms with Crippen molar-refractivity contribution in [1.29, 1.82) is 0 Å². The summed E-state index contributed by atoms with van der Waals surface area (Å²) in [5.74, 6) is 0.127. The van der Waals surface area contributed by atoms with Crippen LogP contribution in [0.3, 0.4) is 0 Å². The Morgan fingerprint density at radius 1 is 1.45 bits per heavy atom. The first-order valence-corrected chi connectivity index (χ1v) is 8.95. The zero-order chi connectivity index (χ0) is 15.0. The van der Waals surface area contributed by atoms with Crippen LogP contribution in [0.5, 0.6) is 0 Å². The van der Waals surface area contributed by atoms with Gasteiger partial charge in [-0.15, -0.1) is 0 Å². The smallest absolute Gasteiger partial charge is 0.149 e. The van der Waals surface area contributed by atoms with Gasteiger partial charge in [0.2, 0.25) is 0 Å². The molecular formula is C13H25N3O3S. The summed E-state index contributed by atoms with van der Waals surface area (Å²) in [6.07, 6.45) is 5.00. The molecule has 6 nitrogen and oxygen atoms in total. The second-order valence-electron chi connectivity index (χ2n) is 4.89. The van der Waals surface area contributed by atoms with Crippen LogP contribution in [0.2, 0.25) is 0 Å². The van der Waals surface area contributed by atoms with Gasteiger partial charge in [-0.3, -0.25) is 4.68 Å². The summed E-state index contributed by atoms with van der Waals surface area (Å²) < 4.78 is 29.3. The summed E-state index contributed by atoms with van der Waals surface area (Å²) >= 11 is 0. The minimum atomic E-state index is -2.96. The molecule has 20 heavy (non-hydrogen) atoms. The molecule has 7 heteroatoms. The predicted octanol–water partition coefficient (Wildman–Crippen LogP) is 0.616. The molecule has 1 heterocycles. The van der Waals surface area contributed by atoms with Crippen LogP contribution in [0.15, 0.2) is 6.20 Å². The van der Waals surface area contributed by atoms with E-state index in [1.54, 1.807) is 7.11 Å². The molecule has 0 fully saturated rings. The normalized spacial score (nSPS) is 11.9. The van der Waals surface area contributed by atoms with E-state index in [0.717, 1.165) is 37.2 Å². The van der Waals surface area contributed by atoms with Gasteiger partial charge in [-0.05, 0) is 6.42 Å². The lowest BCUT2D eigenvalue weighted by molar-refractivity contribution is 0.199. The van der Waals surface area contributed by atoms with Gasteiger partial charge in [0.05, 0.1) is 25.1 Å². The number of nitrogens with one attached hydrogen (secondary N) is 1. The third kappa shape index (κ3) is 6.02. The highest BCUT2D eigenvalue weighted by Gasteiger charge is 2.11. The molecule has 0 aliphatic heterocycles. The van der Waals surface area contributed by atoms with Gasteiger partial charge >= 0.3 is 0 Å². The summed E-state index contributed by atoms with van der Waals surface area (Å²) in [6.45, 7) is 4.72. The van der Waals surface area contributed by atoms with E-state index in [9.17, 15) is 8.42 Å². The molecule has 0 amide bonds. The van der Waals surface area contributed by atoms with Crippen LogP contribution in [-0.4, -0.2) is 50.5 Å². The Hall–Kier alpha value is -0.920. The zero-order valence-corrected chi connectivity index (χ0v) is 13.4. The van der Waals surface area contributed by atoms with Crippen molar-refractivity contribution in [3.63, 3.8) is 0 Å². The maximum Gasteiger partial charge on any atom is 0.149 e. The van der Waals surface area contributed by atoms with Crippen molar-refractivity contribution in [2.45, 2.75) is 32.9 Å². The fraction of sp³-hybridized carbons (Fsp3) is 0.769. The summed E-state index contributed by atoms with van der Waals surface area (Å²) in [5.41, 5.74) is 2.26. The highest BCUT2D eigenvalue weighted by atomic mass is 32.2. The van der Waals surface area contributed by atoms with Gasteiger partial charge in [-0.25, -0.2) is 8.42 Å². The molecule has 0 spiro atoms. The average molecular weight is 303 g/mol. The SMILES string of the molecule is CCCc1c(CNCCOC)cnn1CCS(C)(=O)=O. The van der Waals surface area contributed by atoms with E-state index in [0.29, 0.717) is 13.2 Å². The van der Waals surface area contributed by atoms with E-state index >= 15 is 0 Å². The van der Waals surface area contributed by atoms with Gasteiger partial charge in [0.15, 0.2) is 0 Å². The second kappa shape index (κ2) is 8.39. The Labute approximate surface area is 121 Å². The van der Waals surface area contributed by atoms with E-state index < -0.39 is 9.84 Å². The van der Waals surface area contributed by atoms with E-state index in [2.05, 4.69) is 17.3 Å². The van der Waals surface area contributed by atoms with Crippen molar-refractivity contribution in [3.8, 4) is 0 Å². The molecule has 0 saturated carbocycles. The van der Waals surface area contributed by atoms with Crippen molar-refractivity contribution in [2.75, 3.05) is 32.3 Å². The first-order chi connectivity index (χ1) is 9.48. The highest BCUT2D eigenvalue weighted by molar-refractivity contribution is 7.90. The van der Waals surface area contributed by atoms with Gasteiger partial charge in [0.1, 0.15) is 9.84 Å². The van der Waals surface area contributed by atoms with Crippen LogP contribution in [-0.2, 0) is 34.1 Å². The van der Waals surface area contributed by atoms with Crippen LogP contribution >= 0.6 is 0 Å². The van der Waals surface area contributed by atoms with E-state index in [4.69, 9.17) is 4.74 Å². The molecule has 1 aromatic heterocycles. The molecule has 0 aromatic carbocycles. The van der Waals surface area contributed by atoms with Crippen molar-refractivity contribution < 1.29 is 13.2 Å². The average Bonchev–Trinajstić information content (AvgIpc) is 2.75. The summed E-state index contributed by atoms with van der Waals surface area (Å²) in [7, 11) is -1.29. The molecule has 116 valence electrons. The van der Waals surface area contributed by atoms with Crippen molar-refractivity contribution in [2.24, 2.45) is 0 Å². The molecule has 0 bridgehead atoms. The number of aromatic nitrogens is 2. The monoisotopic (exact) mass is 303 g/mol. The Kier molecular flexibility index (Phi) is 7.18. The summed E-state index contributed by atoms with van der Waals surface area (Å²) in [6, 6.07) is 0. The first kappa shape index (κ1) is 17.1. The van der Waals surface area contributed by atoms with Crippen LogP contribution in [0.1, 0.15) is 24.6 Å². The molecule has 0 radical (unpaired) electrons. The minimum absolute atomic E-state index is 0.127. The number of nitrogens with zero attached hydrogens (tertiary/aromatic N) is 2. The number of hydrogen-bond donors (Lipinski definition) is 1. The van der Waals surface area contributed by atoms with Crippen molar-refractivity contribution >= 4 is 9.84 Å². The molecule has 1 rings (SSSR count). The predicted molar refractivity (Wildman–Crippen MR) is 79.5 cm³/mol. The Balaban J connectivity index is 2.68. The van der Waals surface area contributed by atoms with E-state index in [1.807, 2.05) is 10.9 Å². The lowest BCUT2D eigenvalue weighted by Crippen LogP contribution is -2.20. The van der Waals surface area contributed by atoms with Gasteiger partial charge in [-0.2, -0.15) is 5.10 Å². The number of sulfone groups is 1. The molecule has 0 saturated heterocycles. The lowest BCUT2D eigenvalue weighted by atomic mass is 10.1. The number of methoxy groups -OCH3 is 1. The minimum Gasteiger partial charge on any atom is -0.383 e. The van der Waals surface area contributed by atoms with Crippen LogP contribution in [0.4, 0.5) is 0 Å². The van der Waals surface area contributed by atoms with E-state index in [-0.39, 0.29) is 5.75 Å². The number of aryl methyl sites for hydroxylation is 1. The van der Waals surface area contributed by atoms with Crippen molar-refractivity contribution in [1.82, 2.24) is 15.1 Å². The first-order valence-electron chi connectivity index (χ1n) is 6.89.